The van der Waals surface area contributed by atoms with Gasteiger partial charge in [-0.25, -0.2) is 0 Å². The Morgan fingerprint density at radius 2 is 0.692 bits per heavy atom. The van der Waals surface area contributed by atoms with Crippen molar-refractivity contribution >= 4 is 53.0 Å². The van der Waals surface area contributed by atoms with Gasteiger partial charge in [-0.3, -0.25) is 0 Å². The van der Waals surface area contributed by atoms with Crippen LogP contribution < -0.4 is 4.90 Å². The molecule has 3 aromatic rings. The van der Waals surface area contributed by atoms with Gasteiger partial charge in [0, 0.05) is 35.9 Å². The van der Waals surface area contributed by atoms with Crippen molar-refractivity contribution in [3.63, 3.8) is 0 Å². The van der Waals surface area contributed by atoms with Crippen molar-refractivity contribution in [2.24, 2.45) is 15.5 Å². The summed E-state index contributed by atoms with van der Waals surface area (Å²) in [5, 5.41) is 8.70. The molecule has 3 rings (SSSR count). The van der Waals surface area contributed by atoms with Gasteiger partial charge in [0.1, 0.15) is 17.1 Å². The number of rotatable bonds is 6. The van der Waals surface area contributed by atoms with Gasteiger partial charge in [-0.1, -0.05) is 0 Å². The summed E-state index contributed by atoms with van der Waals surface area (Å²) in [4.78, 5) is 33.8. The Kier molecular flexibility index (Phi) is 6.50. The molecule has 0 fully saturated rings. The second-order valence-corrected chi connectivity index (χ2v) is 5.16. The summed E-state index contributed by atoms with van der Waals surface area (Å²) in [6.07, 6.45) is 0. The first-order valence-electron chi connectivity index (χ1n) is 7.35. The van der Waals surface area contributed by atoms with Gasteiger partial charge in [0.2, 0.25) is 0 Å². The van der Waals surface area contributed by atoms with Gasteiger partial charge in [-0.05, 0) is 88.3 Å². The Hall–Kier alpha value is -3.14. The third-order valence-electron chi connectivity index (χ3n) is 3.64. The zero-order chi connectivity index (χ0) is 17.6. The maximum Gasteiger partial charge on any atom is 0.108 e. The van der Waals surface area contributed by atoms with E-state index < -0.39 is 0 Å². The molecule has 0 saturated heterocycles. The number of anilines is 3. The Morgan fingerprint density at radius 1 is 0.462 bits per heavy atom. The molecular formula is C18H12LiN4O3. The van der Waals surface area contributed by atoms with E-state index >= 15 is 0 Å². The van der Waals surface area contributed by atoms with Crippen LogP contribution in [0.3, 0.4) is 0 Å². The zero-order valence-electron chi connectivity index (χ0n) is 13.9. The normalized spacial score (nSPS) is 9.69. The maximum absolute atomic E-state index is 10.6. The Morgan fingerprint density at radius 3 is 0.885 bits per heavy atom. The molecule has 0 aromatic heterocycles. The van der Waals surface area contributed by atoms with Crippen molar-refractivity contribution in [2.75, 3.05) is 4.90 Å². The fourth-order valence-corrected chi connectivity index (χ4v) is 2.43. The van der Waals surface area contributed by atoms with Crippen LogP contribution in [0.5, 0.6) is 0 Å². The van der Waals surface area contributed by atoms with Crippen LogP contribution in [0, 0.1) is 14.7 Å². The zero-order valence-corrected chi connectivity index (χ0v) is 13.9. The number of hydrogen-bond acceptors (Lipinski definition) is 7. The summed E-state index contributed by atoms with van der Waals surface area (Å²) in [7, 11) is 0. The summed E-state index contributed by atoms with van der Waals surface area (Å²) in [6.45, 7) is 0. The molecule has 0 saturated carbocycles. The molecule has 0 aliphatic carbocycles. The van der Waals surface area contributed by atoms with Crippen LogP contribution in [0.1, 0.15) is 0 Å². The Balaban J connectivity index is 0.00000243. The summed E-state index contributed by atoms with van der Waals surface area (Å²) in [5.74, 6) is 0. The van der Waals surface area contributed by atoms with Gasteiger partial charge in [0.05, 0.1) is 0 Å². The molecule has 0 aliphatic rings. The fourth-order valence-electron chi connectivity index (χ4n) is 2.43. The van der Waals surface area contributed by atoms with E-state index in [0.717, 1.165) is 17.1 Å². The third-order valence-corrected chi connectivity index (χ3v) is 3.64. The maximum atomic E-state index is 10.6. The summed E-state index contributed by atoms with van der Waals surface area (Å²) in [6, 6.07) is 20.2. The molecule has 8 heteroatoms. The summed E-state index contributed by atoms with van der Waals surface area (Å²) >= 11 is 0. The molecule has 0 N–H and O–H groups in total. The fraction of sp³-hybridized carbons (Fsp3) is 0. The molecule has 0 heterocycles. The van der Waals surface area contributed by atoms with Crippen LogP contribution in [-0.2, 0) is 0 Å². The molecule has 0 spiro atoms. The number of benzene rings is 3. The molecule has 0 bridgehead atoms. The van der Waals surface area contributed by atoms with E-state index in [-0.39, 0.29) is 18.9 Å². The van der Waals surface area contributed by atoms with Gasteiger partial charge < -0.3 is 4.90 Å². The predicted octanol–water partition coefficient (Wildman–Crippen LogP) is 5.97. The first kappa shape index (κ1) is 19.2. The van der Waals surface area contributed by atoms with Gasteiger partial charge in [0.25, 0.3) is 0 Å². The molecule has 0 aliphatic heterocycles. The van der Waals surface area contributed by atoms with Crippen LogP contribution >= 0.6 is 0 Å². The van der Waals surface area contributed by atoms with E-state index in [1.54, 1.807) is 72.8 Å². The van der Waals surface area contributed by atoms with Crippen LogP contribution in [0.4, 0.5) is 34.1 Å². The van der Waals surface area contributed by atoms with Gasteiger partial charge in [-0.15, -0.1) is 14.7 Å². The van der Waals surface area contributed by atoms with Crippen molar-refractivity contribution in [3.8, 4) is 0 Å². The van der Waals surface area contributed by atoms with Gasteiger partial charge in [0.15, 0.2) is 0 Å². The molecule has 123 valence electrons. The molecule has 26 heavy (non-hydrogen) atoms. The Labute approximate surface area is 161 Å². The topological polar surface area (TPSA) is 91.5 Å². The van der Waals surface area contributed by atoms with E-state index in [0.29, 0.717) is 17.1 Å². The smallest absolute Gasteiger partial charge is 0.108 e. The van der Waals surface area contributed by atoms with Crippen molar-refractivity contribution in [1.29, 1.82) is 0 Å². The summed E-state index contributed by atoms with van der Waals surface area (Å²) in [5.41, 5.74) is 3.32. The first-order chi connectivity index (χ1) is 12.2. The van der Waals surface area contributed by atoms with E-state index in [4.69, 9.17) is 0 Å². The SMILES string of the molecule is O=Nc1ccc(N(c2ccc(N=O)cc2)c2ccc(N=O)cc2)cc1.[Li]. The van der Waals surface area contributed by atoms with Crippen LogP contribution in [-0.4, -0.2) is 18.9 Å². The monoisotopic (exact) mass is 339 g/mol. The minimum atomic E-state index is 0. The molecule has 3 aromatic carbocycles. The van der Waals surface area contributed by atoms with Crippen molar-refractivity contribution < 1.29 is 0 Å². The molecule has 0 unspecified atom stereocenters. The second kappa shape index (κ2) is 8.81. The quantitative estimate of drug-likeness (QED) is 0.408. The first-order valence-corrected chi connectivity index (χ1v) is 7.35. The molecule has 1 radical (unpaired) electrons. The van der Waals surface area contributed by atoms with Crippen LogP contribution in [0.15, 0.2) is 88.3 Å². The summed E-state index contributed by atoms with van der Waals surface area (Å²) < 4.78 is 0. The molecule has 0 amide bonds. The second-order valence-electron chi connectivity index (χ2n) is 5.16. The number of hydrogen-bond donors (Lipinski definition) is 0. The Bertz CT molecular complexity index is 775. The number of nitrogens with zero attached hydrogens (tertiary/aromatic N) is 4. The minimum absolute atomic E-state index is 0. The van der Waals surface area contributed by atoms with E-state index in [2.05, 4.69) is 15.5 Å². The van der Waals surface area contributed by atoms with Crippen LogP contribution in [0.2, 0.25) is 0 Å². The van der Waals surface area contributed by atoms with Gasteiger partial charge >= 0.3 is 0 Å². The van der Waals surface area contributed by atoms with E-state index in [1.807, 2.05) is 4.90 Å². The predicted molar refractivity (Wildman–Crippen MR) is 103 cm³/mol. The molecule has 7 nitrogen and oxygen atoms in total. The number of nitroso groups, excluding NO2 is 3. The van der Waals surface area contributed by atoms with E-state index in [1.165, 1.54) is 0 Å². The van der Waals surface area contributed by atoms with Crippen molar-refractivity contribution in [1.82, 2.24) is 0 Å². The average Bonchev–Trinajstić information content (AvgIpc) is 2.70. The standard InChI is InChI=1S/C18H12N4O3.Li/c23-19-13-1-7-16(8-2-13)22(17-9-3-14(20-24)4-10-17)18-11-5-15(21-25)6-12-18;/h1-12H;. The van der Waals surface area contributed by atoms with Crippen LogP contribution in [0.25, 0.3) is 0 Å². The largest absolute Gasteiger partial charge is 0.310 e. The van der Waals surface area contributed by atoms with E-state index in [9.17, 15) is 14.7 Å². The minimum Gasteiger partial charge on any atom is -0.310 e. The average molecular weight is 339 g/mol. The van der Waals surface area contributed by atoms with Crippen molar-refractivity contribution in [2.45, 2.75) is 0 Å². The molecule has 0 atom stereocenters. The van der Waals surface area contributed by atoms with Gasteiger partial charge in [-0.2, -0.15) is 0 Å². The van der Waals surface area contributed by atoms with Crippen molar-refractivity contribution in [3.05, 3.63) is 87.5 Å². The molecular weight excluding hydrogens is 327 g/mol. The third kappa shape index (κ3) is 4.09.